The minimum atomic E-state index is 0.169. The molecule has 2 aromatic carbocycles. The minimum Gasteiger partial charge on any atom is -0.386 e. The monoisotopic (exact) mass is 401 g/mol. The highest BCUT2D eigenvalue weighted by Gasteiger charge is 2.18. The van der Waals surface area contributed by atoms with E-state index in [2.05, 4.69) is 79.9 Å². The zero-order valence-corrected chi connectivity index (χ0v) is 17.3. The topological polar surface area (TPSA) is 94.9 Å². The highest BCUT2D eigenvalue weighted by molar-refractivity contribution is 5.77. The van der Waals surface area contributed by atoms with Gasteiger partial charge < -0.3 is 26.3 Å². The molecule has 0 radical (unpaired) electrons. The van der Waals surface area contributed by atoms with E-state index in [1.165, 1.54) is 5.56 Å². The van der Waals surface area contributed by atoms with E-state index in [9.17, 15) is 0 Å². The number of H-pyrrole nitrogens is 1. The first kappa shape index (κ1) is 19.6. The van der Waals surface area contributed by atoms with Gasteiger partial charge in [0.25, 0.3) is 0 Å². The van der Waals surface area contributed by atoms with Crippen LogP contribution in [-0.4, -0.2) is 34.6 Å². The molecule has 0 fully saturated rings. The van der Waals surface area contributed by atoms with Crippen LogP contribution in [0.25, 0.3) is 11.2 Å². The van der Waals surface area contributed by atoms with Crippen molar-refractivity contribution < 1.29 is 0 Å². The summed E-state index contributed by atoms with van der Waals surface area (Å²) in [6, 6.07) is 20.9. The number of nitrogens with two attached hydrogens (primary N) is 1. The Hall–Kier alpha value is -3.74. The molecule has 0 saturated heterocycles. The molecule has 4 aromatic rings. The van der Waals surface area contributed by atoms with Gasteiger partial charge in [-0.15, -0.1) is 0 Å². The number of aromatic nitrogens is 3. The molecule has 5 N–H and O–H groups in total. The summed E-state index contributed by atoms with van der Waals surface area (Å²) in [7, 11) is 1.95. The number of para-hydroxylation sites is 2. The number of nitrogen functional groups attached to an aromatic ring is 1. The molecule has 1 unspecified atom stereocenters. The van der Waals surface area contributed by atoms with Crippen LogP contribution in [0.5, 0.6) is 0 Å². The lowest BCUT2D eigenvalue weighted by atomic mass is 10.1. The van der Waals surface area contributed by atoms with Gasteiger partial charge >= 0.3 is 0 Å². The van der Waals surface area contributed by atoms with Crippen LogP contribution in [-0.2, 0) is 6.54 Å². The molecule has 0 bridgehead atoms. The zero-order valence-electron chi connectivity index (χ0n) is 17.3. The number of hydrogen-bond donors (Lipinski definition) is 4. The lowest BCUT2D eigenvalue weighted by Gasteiger charge is -2.33. The molecule has 4 rings (SSSR count). The van der Waals surface area contributed by atoms with Crippen molar-refractivity contribution in [1.29, 1.82) is 0 Å². The average Bonchev–Trinajstić information content (AvgIpc) is 3.23. The van der Waals surface area contributed by atoms with E-state index in [0.717, 1.165) is 23.4 Å². The van der Waals surface area contributed by atoms with Crippen molar-refractivity contribution in [3.05, 3.63) is 72.4 Å². The maximum atomic E-state index is 6.11. The number of rotatable bonds is 8. The summed E-state index contributed by atoms with van der Waals surface area (Å²) >= 11 is 0. The molecule has 0 aliphatic heterocycles. The second kappa shape index (κ2) is 8.73. The molecule has 0 amide bonds. The van der Waals surface area contributed by atoms with Crippen molar-refractivity contribution in [1.82, 2.24) is 15.0 Å². The Morgan fingerprint density at radius 3 is 2.60 bits per heavy atom. The van der Waals surface area contributed by atoms with Crippen molar-refractivity contribution in [3.63, 3.8) is 0 Å². The molecule has 7 nitrogen and oxygen atoms in total. The predicted octanol–water partition coefficient (Wildman–Crippen LogP) is 4.09. The number of nitrogens with one attached hydrogen (secondary N) is 3. The molecule has 154 valence electrons. The Bertz CT molecular complexity index is 1110. The molecule has 2 heterocycles. The first-order chi connectivity index (χ1) is 14.7. The number of aromatic amines is 1. The Morgan fingerprint density at radius 1 is 1.03 bits per heavy atom. The van der Waals surface area contributed by atoms with Gasteiger partial charge in [0.05, 0.1) is 11.4 Å². The second-order valence-electron chi connectivity index (χ2n) is 7.28. The lowest BCUT2D eigenvalue weighted by molar-refractivity contribution is 0.655. The highest BCUT2D eigenvalue weighted by Crippen LogP contribution is 2.29. The molecule has 0 aliphatic carbocycles. The number of benzene rings is 2. The van der Waals surface area contributed by atoms with Crippen LogP contribution in [0, 0.1) is 0 Å². The molecule has 2 aromatic heterocycles. The molecule has 0 aliphatic rings. The van der Waals surface area contributed by atoms with Crippen LogP contribution >= 0.6 is 0 Å². The van der Waals surface area contributed by atoms with Crippen LogP contribution in [0.1, 0.15) is 12.5 Å². The van der Waals surface area contributed by atoms with E-state index in [1.54, 1.807) is 0 Å². The summed E-state index contributed by atoms with van der Waals surface area (Å²) in [6.45, 7) is 3.65. The first-order valence-electron chi connectivity index (χ1n) is 10.1. The van der Waals surface area contributed by atoms with E-state index in [-0.39, 0.29) is 6.04 Å². The van der Waals surface area contributed by atoms with E-state index >= 15 is 0 Å². The summed E-state index contributed by atoms with van der Waals surface area (Å²) in [5.41, 5.74) is 11.1. The van der Waals surface area contributed by atoms with Crippen LogP contribution < -0.4 is 21.3 Å². The van der Waals surface area contributed by atoms with E-state index in [0.29, 0.717) is 23.8 Å². The van der Waals surface area contributed by atoms with Gasteiger partial charge in [-0.05, 0) is 30.7 Å². The minimum absolute atomic E-state index is 0.169. The zero-order chi connectivity index (χ0) is 20.9. The molecule has 7 heteroatoms. The highest BCUT2D eigenvalue weighted by atomic mass is 15.2. The fourth-order valence-corrected chi connectivity index (χ4v) is 3.56. The lowest BCUT2D eigenvalue weighted by Crippen LogP contribution is -2.38. The Morgan fingerprint density at radius 2 is 1.80 bits per heavy atom. The van der Waals surface area contributed by atoms with Gasteiger partial charge in [-0.3, -0.25) is 0 Å². The van der Waals surface area contributed by atoms with Crippen molar-refractivity contribution in [3.8, 4) is 0 Å². The number of nitrogens with zero attached hydrogens (tertiary/aromatic N) is 3. The van der Waals surface area contributed by atoms with E-state index < -0.39 is 0 Å². The van der Waals surface area contributed by atoms with E-state index in [4.69, 9.17) is 5.73 Å². The van der Waals surface area contributed by atoms with E-state index in [1.807, 2.05) is 31.4 Å². The second-order valence-corrected chi connectivity index (χ2v) is 7.28. The maximum absolute atomic E-state index is 6.11. The average molecular weight is 402 g/mol. The molecule has 0 saturated carbocycles. The van der Waals surface area contributed by atoms with Crippen LogP contribution in [0.2, 0.25) is 0 Å². The maximum Gasteiger partial charge on any atom is 0.169 e. The number of anilines is 4. The first-order valence-corrected chi connectivity index (χ1v) is 10.1. The van der Waals surface area contributed by atoms with Gasteiger partial charge in [0.1, 0.15) is 5.52 Å². The summed E-state index contributed by atoms with van der Waals surface area (Å²) in [6.07, 6.45) is 1.81. The quantitative estimate of drug-likeness (QED) is 0.355. The van der Waals surface area contributed by atoms with Gasteiger partial charge in [-0.1, -0.05) is 42.5 Å². The van der Waals surface area contributed by atoms with Crippen molar-refractivity contribution >= 4 is 34.2 Å². The van der Waals surface area contributed by atoms with Gasteiger partial charge in [-0.2, -0.15) is 0 Å². The summed E-state index contributed by atoms with van der Waals surface area (Å²) < 4.78 is 0. The van der Waals surface area contributed by atoms with Crippen molar-refractivity contribution in [2.45, 2.75) is 19.5 Å². The third kappa shape index (κ3) is 4.15. The third-order valence-corrected chi connectivity index (χ3v) is 5.19. The standard InChI is InChI=1S/C23H27N7/c1-16(14-27-23-21(24)29-22-19(28-23)12-13-26-22)30(15-17-8-4-3-5-9-17)20-11-7-6-10-18(20)25-2/h3-13,16,25H,14-15H2,1-2H3,(H,27,28)(H3,24,26,29). The Kier molecular flexibility index (Phi) is 5.70. The van der Waals surface area contributed by atoms with Crippen LogP contribution in [0.3, 0.4) is 0 Å². The van der Waals surface area contributed by atoms with Gasteiger partial charge in [-0.25, -0.2) is 9.97 Å². The van der Waals surface area contributed by atoms with Crippen molar-refractivity contribution in [2.24, 2.45) is 0 Å². The predicted molar refractivity (Wildman–Crippen MR) is 125 cm³/mol. The summed E-state index contributed by atoms with van der Waals surface area (Å²) in [5.74, 6) is 0.998. The summed E-state index contributed by atoms with van der Waals surface area (Å²) in [5, 5.41) is 6.70. The van der Waals surface area contributed by atoms with Gasteiger partial charge in [0.15, 0.2) is 17.3 Å². The largest absolute Gasteiger partial charge is 0.386 e. The number of fused-ring (bicyclic) bond motifs is 1. The third-order valence-electron chi connectivity index (χ3n) is 5.19. The Balaban J connectivity index is 1.58. The number of hydrogen-bond acceptors (Lipinski definition) is 6. The van der Waals surface area contributed by atoms with Crippen molar-refractivity contribution in [2.75, 3.05) is 34.9 Å². The SMILES string of the molecule is CNc1ccccc1N(Cc1ccccc1)C(C)CNc1nc2cc[nH]c2nc1N. The summed E-state index contributed by atoms with van der Waals surface area (Å²) in [4.78, 5) is 14.4. The molecule has 0 spiro atoms. The smallest absolute Gasteiger partial charge is 0.169 e. The van der Waals surface area contributed by atoms with Crippen LogP contribution in [0.15, 0.2) is 66.9 Å². The molecular weight excluding hydrogens is 374 g/mol. The fourth-order valence-electron chi connectivity index (χ4n) is 3.56. The Labute approximate surface area is 176 Å². The fraction of sp³-hybridized carbons (Fsp3) is 0.217. The molecule has 1 atom stereocenters. The van der Waals surface area contributed by atoms with Gasteiger partial charge in [0, 0.05) is 32.4 Å². The molecular formula is C23H27N7. The molecule has 30 heavy (non-hydrogen) atoms. The normalized spacial score (nSPS) is 11.9. The van der Waals surface area contributed by atoms with Crippen LogP contribution in [0.4, 0.5) is 23.0 Å². The van der Waals surface area contributed by atoms with Gasteiger partial charge in [0.2, 0.25) is 0 Å².